The molecule has 2 aromatic carbocycles. The number of carboxylic acid groups (broad SMARTS) is 1. The van der Waals surface area contributed by atoms with Crippen LogP contribution in [0.2, 0.25) is 5.02 Å². The van der Waals surface area contributed by atoms with E-state index in [1.807, 2.05) is 18.2 Å². The first-order valence-corrected chi connectivity index (χ1v) is 12.4. The van der Waals surface area contributed by atoms with E-state index in [0.29, 0.717) is 23.6 Å². The van der Waals surface area contributed by atoms with Gasteiger partial charge in [-0.25, -0.2) is 0 Å². The summed E-state index contributed by atoms with van der Waals surface area (Å²) in [6.45, 7) is 4.79. The zero-order valence-electron chi connectivity index (χ0n) is 19.7. The van der Waals surface area contributed by atoms with Gasteiger partial charge < -0.3 is 19.9 Å². The summed E-state index contributed by atoms with van der Waals surface area (Å²) in [5, 5.41) is 12.6. The van der Waals surface area contributed by atoms with Gasteiger partial charge in [0.1, 0.15) is 11.4 Å². The van der Waals surface area contributed by atoms with Gasteiger partial charge in [0, 0.05) is 35.0 Å². The summed E-state index contributed by atoms with van der Waals surface area (Å²) in [4.78, 5) is 23.4. The lowest BCUT2D eigenvalue weighted by molar-refractivity contribution is -0.152. The number of fused-ring (bicyclic) bond motifs is 3. The van der Waals surface area contributed by atoms with E-state index in [2.05, 4.69) is 19.2 Å². The molecule has 182 valence electrons. The zero-order chi connectivity index (χ0) is 24.3. The molecule has 1 fully saturated rings. The minimum atomic E-state index is -0.811. The van der Waals surface area contributed by atoms with E-state index in [1.165, 1.54) is 0 Å². The first-order chi connectivity index (χ1) is 16.2. The molecule has 0 spiro atoms. The highest BCUT2D eigenvalue weighted by atomic mass is 35.5. The Balaban J connectivity index is 1.44. The number of rotatable bonds is 8. The Bertz CT molecular complexity index is 1040. The van der Waals surface area contributed by atoms with Crippen LogP contribution in [0.15, 0.2) is 42.5 Å². The maximum Gasteiger partial charge on any atom is 0.303 e. The fourth-order valence-corrected chi connectivity index (χ4v) is 5.24. The van der Waals surface area contributed by atoms with E-state index in [0.717, 1.165) is 42.6 Å². The number of carboxylic acids is 1. The maximum atomic E-state index is 12.4. The molecule has 2 aromatic rings. The number of carbonyl (C=O) groups excluding carboxylic acids is 1. The van der Waals surface area contributed by atoms with Crippen LogP contribution < -0.4 is 10.1 Å². The first kappa shape index (κ1) is 24.6. The molecular weight excluding hydrogens is 454 g/mol. The SMILES string of the molecule is C[C@@H]1CC[C@@H]2[C@@H](O1)c1ccc(CCC(=O)O)cc1O[C@]2(C)CCCNC(=O)c1ccc(Cl)cc1. The molecule has 4 rings (SSSR count). The molecule has 4 atom stereocenters. The quantitative estimate of drug-likeness (QED) is 0.477. The van der Waals surface area contributed by atoms with Gasteiger partial charge in [0.15, 0.2) is 0 Å². The van der Waals surface area contributed by atoms with Crippen LogP contribution in [0.25, 0.3) is 0 Å². The number of hydrogen-bond acceptors (Lipinski definition) is 4. The fraction of sp³-hybridized carbons (Fsp3) is 0.481. The molecule has 0 radical (unpaired) electrons. The summed E-state index contributed by atoms with van der Waals surface area (Å²) in [6, 6.07) is 12.8. The van der Waals surface area contributed by atoms with E-state index in [9.17, 15) is 9.59 Å². The molecule has 0 aromatic heterocycles. The van der Waals surface area contributed by atoms with Crippen LogP contribution in [0.4, 0.5) is 0 Å². The number of amides is 1. The Kier molecular flexibility index (Phi) is 7.48. The smallest absolute Gasteiger partial charge is 0.303 e. The second-order valence-corrected chi connectivity index (χ2v) is 10.0. The van der Waals surface area contributed by atoms with Gasteiger partial charge in [-0.3, -0.25) is 9.59 Å². The predicted molar refractivity (Wildman–Crippen MR) is 130 cm³/mol. The Morgan fingerprint density at radius 3 is 2.68 bits per heavy atom. The third kappa shape index (κ3) is 5.56. The number of ether oxygens (including phenoxy) is 2. The van der Waals surface area contributed by atoms with Gasteiger partial charge in [-0.1, -0.05) is 23.7 Å². The largest absolute Gasteiger partial charge is 0.487 e. The van der Waals surface area contributed by atoms with Gasteiger partial charge in [-0.05, 0) is 81.8 Å². The molecule has 0 unspecified atom stereocenters. The molecule has 2 heterocycles. The van der Waals surface area contributed by atoms with Crippen molar-refractivity contribution in [3.05, 3.63) is 64.2 Å². The molecule has 7 heteroatoms. The topological polar surface area (TPSA) is 84.9 Å². The lowest BCUT2D eigenvalue weighted by Gasteiger charge is -2.50. The minimum Gasteiger partial charge on any atom is -0.487 e. The van der Waals surface area contributed by atoms with E-state index in [1.54, 1.807) is 24.3 Å². The Hall–Kier alpha value is -2.57. The van der Waals surface area contributed by atoms with Crippen molar-refractivity contribution in [3.63, 3.8) is 0 Å². The number of carbonyl (C=O) groups is 2. The zero-order valence-corrected chi connectivity index (χ0v) is 20.4. The molecule has 34 heavy (non-hydrogen) atoms. The monoisotopic (exact) mass is 485 g/mol. The third-order valence-corrected chi connectivity index (χ3v) is 7.26. The number of benzene rings is 2. The molecule has 2 aliphatic heterocycles. The van der Waals surface area contributed by atoms with Gasteiger partial charge in [0.05, 0.1) is 12.2 Å². The molecule has 1 amide bonds. The molecule has 2 N–H and O–H groups in total. The Morgan fingerprint density at radius 2 is 1.94 bits per heavy atom. The lowest BCUT2D eigenvalue weighted by Crippen LogP contribution is -2.50. The number of aliphatic carboxylic acids is 1. The van der Waals surface area contributed by atoms with Crippen molar-refractivity contribution in [2.24, 2.45) is 5.92 Å². The van der Waals surface area contributed by atoms with Crippen LogP contribution in [0, 0.1) is 5.92 Å². The van der Waals surface area contributed by atoms with Crippen LogP contribution >= 0.6 is 11.6 Å². The molecule has 6 nitrogen and oxygen atoms in total. The van der Waals surface area contributed by atoms with Crippen molar-refractivity contribution < 1.29 is 24.2 Å². The van der Waals surface area contributed by atoms with E-state index in [4.69, 9.17) is 26.2 Å². The van der Waals surface area contributed by atoms with Crippen molar-refractivity contribution in [3.8, 4) is 5.75 Å². The van der Waals surface area contributed by atoms with Crippen LogP contribution in [-0.2, 0) is 16.0 Å². The fourth-order valence-electron chi connectivity index (χ4n) is 5.11. The summed E-state index contributed by atoms with van der Waals surface area (Å²) >= 11 is 5.90. The standard InChI is InChI=1S/C27H32ClNO5/c1-17-4-12-22-25(33-17)21-11-5-18(6-13-24(30)31)16-23(21)34-27(22,2)14-3-15-29-26(32)19-7-9-20(28)10-8-19/h5,7-11,16-17,22,25H,3-4,6,12-15H2,1-2H3,(H,29,32)(H,30,31)/t17-,22-,25+,27-/m1/s1. The summed E-state index contributed by atoms with van der Waals surface area (Å²) in [6.07, 6.45) is 4.22. The minimum absolute atomic E-state index is 0.0466. The Morgan fingerprint density at radius 1 is 1.18 bits per heavy atom. The predicted octanol–water partition coefficient (Wildman–Crippen LogP) is 5.57. The van der Waals surface area contributed by atoms with Crippen molar-refractivity contribution in [2.75, 3.05) is 6.54 Å². The number of aryl methyl sites for hydroxylation is 1. The van der Waals surface area contributed by atoms with Crippen LogP contribution in [0.3, 0.4) is 0 Å². The second-order valence-electron chi connectivity index (χ2n) is 9.60. The maximum absolute atomic E-state index is 12.4. The highest BCUT2D eigenvalue weighted by Crippen LogP contribution is 2.52. The van der Waals surface area contributed by atoms with Gasteiger partial charge >= 0.3 is 5.97 Å². The highest BCUT2D eigenvalue weighted by molar-refractivity contribution is 6.30. The Labute approximate surface area is 205 Å². The molecular formula is C27H32ClNO5. The number of hydrogen-bond donors (Lipinski definition) is 2. The second kappa shape index (κ2) is 10.4. The molecule has 0 saturated carbocycles. The first-order valence-electron chi connectivity index (χ1n) is 12.0. The number of nitrogens with one attached hydrogen (secondary N) is 1. The normalized spacial score (nSPS) is 25.6. The summed E-state index contributed by atoms with van der Waals surface area (Å²) in [5.41, 5.74) is 2.14. The van der Waals surface area contributed by atoms with Gasteiger partial charge in [0.25, 0.3) is 5.91 Å². The molecule has 0 aliphatic carbocycles. The van der Waals surface area contributed by atoms with Gasteiger partial charge in [-0.15, -0.1) is 0 Å². The highest BCUT2D eigenvalue weighted by Gasteiger charge is 2.49. The molecule has 1 saturated heterocycles. The summed E-state index contributed by atoms with van der Waals surface area (Å²) in [5.74, 6) is 0.0695. The van der Waals surface area contributed by atoms with Gasteiger partial charge in [-0.2, -0.15) is 0 Å². The average Bonchev–Trinajstić information content (AvgIpc) is 2.80. The van der Waals surface area contributed by atoms with E-state index in [-0.39, 0.29) is 30.5 Å². The van der Waals surface area contributed by atoms with Crippen molar-refractivity contribution in [2.45, 2.75) is 70.2 Å². The van der Waals surface area contributed by atoms with Crippen molar-refractivity contribution in [1.82, 2.24) is 5.32 Å². The van der Waals surface area contributed by atoms with E-state index < -0.39 is 11.6 Å². The summed E-state index contributed by atoms with van der Waals surface area (Å²) in [7, 11) is 0. The van der Waals surface area contributed by atoms with Gasteiger partial charge in [0.2, 0.25) is 0 Å². The van der Waals surface area contributed by atoms with Crippen LogP contribution in [-0.4, -0.2) is 35.2 Å². The molecule has 0 bridgehead atoms. The molecule has 2 aliphatic rings. The van der Waals surface area contributed by atoms with Crippen molar-refractivity contribution >= 4 is 23.5 Å². The van der Waals surface area contributed by atoms with Crippen LogP contribution in [0.5, 0.6) is 5.75 Å². The third-order valence-electron chi connectivity index (χ3n) is 7.01. The van der Waals surface area contributed by atoms with Crippen LogP contribution in [0.1, 0.15) is 73.5 Å². The van der Waals surface area contributed by atoms with E-state index >= 15 is 0 Å². The van der Waals surface area contributed by atoms with Crippen molar-refractivity contribution in [1.29, 1.82) is 0 Å². The average molecular weight is 486 g/mol. The number of halogens is 1. The lowest BCUT2D eigenvalue weighted by atomic mass is 9.72. The summed E-state index contributed by atoms with van der Waals surface area (Å²) < 4.78 is 13.0.